The summed E-state index contributed by atoms with van der Waals surface area (Å²) in [5.41, 5.74) is 1.25. The Morgan fingerprint density at radius 1 is 1.10 bits per heavy atom. The summed E-state index contributed by atoms with van der Waals surface area (Å²) in [5, 5.41) is 2.97. The van der Waals surface area contributed by atoms with Crippen molar-refractivity contribution in [1.29, 1.82) is 0 Å². The van der Waals surface area contributed by atoms with Crippen molar-refractivity contribution in [3.05, 3.63) is 29.3 Å². The molecule has 0 atom stereocenters. The number of amides is 1. The lowest BCUT2D eigenvalue weighted by atomic mass is 9.99. The number of piperidine rings is 2. The van der Waals surface area contributed by atoms with Crippen LogP contribution < -0.4 is 5.32 Å². The molecule has 0 aromatic heterocycles. The molecule has 7 heteroatoms. The zero-order valence-electron chi connectivity index (χ0n) is 17.8. The van der Waals surface area contributed by atoms with Crippen molar-refractivity contribution in [2.24, 2.45) is 5.92 Å². The number of hydrogen-bond donors (Lipinski definition) is 1. The first-order chi connectivity index (χ1) is 13.9. The minimum absolute atomic E-state index is 0.189. The van der Waals surface area contributed by atoms with E-state index >= 15 is 0 Å². The molecule has 0 bridgehead atoms. The molecule has 2 aliphatic rings. The zero-order valence-corrected chi connectivity index (χ0v) is 18.6. The van der Waals surface area contributed by atoms with Gasteiger partial charge in [-0.3, -0.25) is 4.79 Å². The summed E-state index contributed by atoms with van der Waals surface area (Å²) < 4.78 is 27.4. The number of benzene rings is 1. The van der Waals surface area contributed by atoms with E-state index in [1.54, 1.807) is 22.5 Å². The molecular formula is C22H35N3O3S. The number of aryl methyl sites for hydroxylation is 1. The molecule has 29 heavy (non-hydrogen) atoms. The minimum atomic E-state index is -3.53. The average molecular weight is 422 g/mol. The van der Waals surface area contributed by atoms with Crippen molar-refractivity contribution in [2.45, 2.75) is 57.3 Å². The second-order valence-corrected chi connectivity index (χ2v) is 10.5. The third-order valence-corrected chi connectivity index (χ3v) is 8.11. The van der Waals surface area contributed by atoms with Crippen LogP contribution in [0.1, 0.15) is 61.4 Å². The smallest absolute Gasteiger partial charge is 0.251 e. The van der Waals surface area contributed by atoms with Crippen molar-refractivity contribution in [3.8, 4) is 0 Å². The Kier molecular flexibility index (Phi) is 7.71. The van der Waals surface area contributed by atoms with Gasteiger partial charge in [0.15, 0.2) is 0 Å². The molecule has 3 rings (SSSR count). The number of carbonyl (C=O) groups excluding carboxylic acids is 1. The third-order valence-electron chi connectivity index (χ3n) is 6.22. The molecular weight excluding hydrogens is 386 g/mol. The van der Waals surface area contributed by atoms with Gasteiger partial charge in [0.2, 0.25) is 10.0 Å². The quantitative estimate of drug-likeness (QED) is 0.687. The monoisotopic (exact) mass is 421 g/mol. The number of hydrogen-bond acceptors (Lipinski definition) is 4. The van der Waals surface area contributed by atoms with Crippen LogP contribution in [0.3, 0.4) is 0 Å². The molecule has 2 aliphatic heterocycles. The van der Waals surface area contributed by atoms with E-state index in [1.807, 2.05) is 6.92 Å². The maximum Gasteiger partial charge on any atom is 0.251 e. The van der Waals surface area contributed by atoms with Gasteiger partial charge < -0.3 is 10.2 Å². The van der Waals surface area contributed by atoms with Crippen LogP contribution in [0, 0.1) is 12.8 Å². The highest BCUT2D eigenvalue weighted by molar-refractivity contribution is 7.89. The van der Waals surface area contributed by atoms with Crippen molar-refractivity contribution in [1.82, 2.24) is 14.5 Å². The van der Waals surface area contributed by atoms with Gasteiger partial charge in [0.1, 0.15) is 0 Å². The summed E-state index contributed by atoms with van der Waals surface area (Å²) >= 11 is 0. The van der Waals surface area contributed by atoms with Gasteiger partial charge in [0, 0.05) is 25.2 Å². The maximum atomic E-state index is 12.9. The predicted molar refractivity (Wildman–Crippen MR) is 116 cm³/mol. The number of nitrogens with one attached hydrogen (secondary N) is 1. The van der Waals surface area contributed by atoms with Crippen molar-refractivity contribution in [2.75, 3.05) is 39.3 Å². The Bertz CT molecular complexity index is 796. The lowest BCUT2D eigenvalue weighted by Crippen LogP contribution is -2.36. The second-order valence-electron chi connectivity index (χ2n) is 8.58. The predicted octanol–water partition coefficient (Wildman–Crippen LogP) is 3.02. The number of rotatable bonds is 7. The van der Waals surface area contributed by atoms with E-state index in [1.165, 1.54) is 12.8 Å². The highest BCUT2D eigenvalue weighted by Crippen LogP contribution is 2.23. The molecule has 2 saturated heterocycles. The molecule has 0 unspecified atom stereocenters. The van der Waals surface area contributed by atoms with Crippen LogP contribution >= 0.6 is 0 Å². The molecule has 162 valence electrons. The van der Waals surface area contributed by atoms with Gasteiger partial charge in [-0.25, -0.2) is 8.42 Å². The lowest BCUT2D eigenvalue weighted by Gasteiger charge is -2.30. The topological polar surface area (TPSA) is 69.7 Å². The van der Waals surface area contributed by atoms with Crippen LogP contribution in [-0.4, -0.2) is 62.8 Å². The Morgan fingerprint density at radius 2 is 1.79 bits per heavy atom. The first-order valence-corrected chi connectivity index (χ1v) is 12.4. The first-order valence-electron chi connectivity index (χ1n) is 11.0. The fourth-order valence-electron chi connectivity index (χ4n) is 4.15. The molecule has 1 aromatic rings. The van der Waals surface area contributed by atoms with Gasteiger partial charge in [0.05, 0.1) is 4.90 Å². The standard InChI is InChI=1S/C22H35N3O3S/c1-18-9-15-24(16-10-18)12-6-11-23-22(26)21-17-20(8-7-19(21)2)29(27,28)25-13-4-3-5-14-25/h7-8,17-18H,3-6,9-16H2,1-2H3,(H,23,26). The maximum absolute atomic E-state index is 12.9. The summed E-state index contributed by atoms with van der Waals surface area (Å²) in [6.45, 7) is 9.17. The van der Waals surface area contributed by atoms with Gasteiger partial charge in [-0.1, -0.05) is 19.4 Å². The molecule has 1 aromatic carbocycles. The molecule has 1 amide bonds. The minimum Gasteiger partial charge on any atom is -0.352 e. The summed E-state index contributed by atoms with van der Waals surface area (Å²) in [5.74, 6) is 0.632. The van der Waals surface area contributed by atoms with Crippen LogP contribution in [0.2, 0.25) is 0 Å². The Labute approximate surface area is 175 Å². The zero-order chi connectivity index (χ0) is 20.9. The summed E-state index contributed by atoms with van der Waals surface area (Å²) in [6, 6.07) is 4.90. The summed E-state index contributed by atoms with van der Waals surface area (Å²) in [4.78, 5) is 15.4. The lowest BCUT2D eigenvalue weighted by molar-refractivity contribution is 0.0949. The molecule has 2 heterocycles. The number of likely N-dealkylation sites (tertiary alicyclic amines) is 1. The average Bonchev–Trinajstić information content (AvgIpc) is 2.73. The van der Waals surface area contributed by atoms with Gasteiger partial charge in [-0.2, -0.15) is 4.31 Å². The molecule has 6 nitrogen and oxygen atoms in total. The Morgan fingerprint density at radius 3 is 2.48 bits per heavy atom. The molecule has 1 N–H and O–H groups in total. The normalized spacial score (nSPS) is 19.9. The van der Waals surface area contributed by atoms with Crippen molar-refractivity contribution >= 4 is 15.9 Å². The third kappa shape index (κ3) is 5.80. The Hall–Kier alpha value is -1.44. The van der Waals surface area contributed by atoms with Gasteiger partial charge in [-0.15, -0.1) is 0 Å². The van der Waals surface area contributed by atoms with E-state index in [0.29, 0.717) is 25.2 Å². The molecule has 0 radical (unpaired) electrons. The van der Waals surface area contributed by atoms with Gasteiger partial charge >= 0.3 is 0 Å². The first kappa shape index (κ1) is 22.2. The fraction of sp³-hybridized carbons (Fsp3) is 0.682. The van der Waals surface area contributed by atoms with E-state index in [2.05, 4.69) is 17.1 Å². The molecule has 0 aliphatic carbocycles. The van der Waals surface area contributed by atoms with Crippen LogP contribution in [0.5, 0.6) is 0 Å². The number of carbonyl (C=O) groups is 1. The van der Waals surface area contributed by atoms with Gasteiger partial charge in [0.25, 0.3) is 5.91 Å². The van der Waals surface area contributed by atoms with Crippen molar-refractivity contribution in [3.63, 3.8) is 0 Å². The summed E-state index contributed by atoms with van der Waals surface area (Å²) in [6.07, 6.45) is 6.28. The van der Waals surface area contributed by atoms with E-state index in [0.717, 1.165) is 56.8 Å². The second kappa shape index (κ2) is 10.0. The van der Waals surface area contributed by atoms with Gasteiger partial charge in [-0.05, 0) is 82.3 Å². The van der Waals surface area contributed by atoms with E-state index in [9.17, 15) is 13.2 Å². The van der Waals surface area contributed by atoms with Crippen LogP contribution in [-0.2, 0) is 10.0 Å². The van der Waals surface area contributed by atoms with E-state index in [-0.39, 0.29) is 10.8 Å². The van der Waals surface area contributed by atoms with E-state index < -0.39 is 10.0 Å². The summed E-state index contributed by atoms with van der Waals surface area (Å²) in [7, 11) is -3.53. The highest BCUT2D eigenvalue weighted by atomic mass is 32.2. The molecule has 0 saturated carbocycles. The van der Waals surface area contributed by atoms with Crippen LogP contribution in [0.25, 0.3) is 0 Å². The van der Waals surface area contributed by atoms with Crippen molar-refractivity contribution < 1.29 is 13.2 Å². The number of nitrogens with zero attached hydrogens (tertiary/aromatic N) is 2. The SMILES string of the molecule is Cc1ccc(S(=O)(=O)N2CCCCC2)cc1C(=O)NCCCN1CCC(C)CC1. The molecule has 0 spiro atoms. The van der Waals surface area contributed by atoms with Crippen LogP contribution in [0.4, 0.5) is 0 Å². The van der Waals surface area contributed by atoms with E-state index in [4.69, 9.17) is 0 Å². The van der Waals surface area contributed by atoms with Crippen LogP contribution in [0.15, 0.2) is 23.1 Å². The largest absolute Gasteiger partial charge is 0.352 e. The molecule has 2 fully saturated rings. The fourth-order valence-corrected chi connectivity index (χ4v) is 5.69. The Balaban J connectivity index is 1.56. The highest BCUT2D eigenvalue weighted by Gasteiger charge is 2.27. The number of sulfonamides is 1.